The summed E-state index contributed by atoms with van der Waals surface area (Å²) < 4.78 is 17.4. The van der Waals surface area contributed by atoms with E-state index in [1.165, 1.54) is 0 Å². The van der Waals surface area contributed by atoms with Crippen LogP contribution in [-0.2, 0) is 14.3 Å². The lowest BCUT2D eigenvalue weighted by atomic mass is 10.0. The van der Waals surface area contributed by atoms with Gasteiger partial charge in [-0.2, -0.15) is 0 Å². The normalized spacial score (nSPS) is 30.5. The average molecular weight is 160 g/mol. The Hall–Kier alpha value is -0.930. The third-order valence-corrected chi connectivity index (χ3v) is 1.88. The molecule has 0 saturated heterocycles. The second-order valence-electron chi connectivity index (χ2n) is 2.57. The number of alkyl halides is 1. The molecule has 0 amide bonds. The number of halogens is 1. The van der Waals surface area contributed by atoms with E-state index >= 15 is 0 Å². The predicted octanol–water partition coefficient (Wildman–Crippen LogP) is 0.621. The second kappa shape index (κ2) is 2.60. The number of carbonyl (C=O) groups excluding carboxylic acids is 2. The Morgan fingerprint density at radius 3 is 2.73 bits per heavy atom. The Morgan fingerprint density at radius 2 is 2.36 bits per heavy atom. The number of ether oxygens (including phenoxy) is 1. The highest BCUT2D eigenvalue weighted by molar-refractivity contribution is 6.08. The van der Waals surface area contributed by atoms with Crippen LogP contribution in [0.15, 0.2) is 0 Å². The maximum absolute atomic E-state index is 13.3. The van der Waals surface area contributed by atoms with E-state index in [9.17, 15) is 14.0 Å². The zero-order chi connectivity index (χ0) is 8.48. The van der Waals surface area contributed by atoms with E-state index < -0.39 is 17.4 Å². The second-order valence-corrected chi connectivity index (χ2v) is 2.57. The zero-order valence-corrected chi connectivity index (χ0v) is 6.22. The first-order chi connectivity index (χ1) is 5.11. The van der Waals surface area contributed by atoms with Crippen LogP contribution in [0.2, 0.25) is 0 Å². The first-order valence-electron chi connectivity index (χ1n) is 3.42. The summed E-state index contributed by atoms with van der Waals surface area (Å²) in [6.07, 6.45) is 0.550. The maximum atomic E-state index is 13.3. The molecule has 1 aliphatic rings. The van der Waals surface area contributed by atoms with Crippen LogP contribution in [0.3, 0.4) is 0 Å². The van der Waals surface area contributed by atoms with Gasteiger partial charge in [-0.25, -0.2) is 9.18 Å². The molecule has 0 heterocycles. The lowest BCUT2D eigenvalue weighted by Gasteiger charge is -2.12. The summed E-state index contributed by atoms with van der Waals surface area (Å²) in [5, 5.41) is 0. The van der Waals surface area contributed by atoms with Crippen LogP contribution in [-0.4, -0.2) is 24.5 Å². The lowest BCUT2D eigenvalue weighted by molar-refractivity contribution is -0.158. The number of rotatable bonds is 1. The van der Waals surface area contributed by atoms with Gasteiger partial charge in [0.25, 0.3) is 5.67 Å². The van der Waals surface area contributed by atoms with E-state index in [0.29, 0.717) is 6.42 Å². The molecule has 11 heavy (non-hydrogen) atoms. The summed E-state index contributed by atoms with van der Waals surface area (Å²) in [7, 11) is 1.08. The Morgan fingerprint density at radius 1 is 1.73 bits per heavy atom. The van der Waals surface area contributed by atoms with E-state index in [1.54, 1.807) is 0 Å². The fourth-order valence-corrected chi connectivity index (χ4v) is 1.21. The van der Waals surface area contributed by atoms with Gasteiger partial charge in [0.2, 0.25) is 0 Å². The molecule has 0 aromatic rings. The van der Waals surface area contributed by atoms with Gasteiger partial charge in [0, 0.05) is 12.8 Å². The molecule has 62 valence electrons. The van der Waals surface area contributed by atoms with E-state index in [-0.39, 0.29) is 12.8 Å². The van der Waals surface area contributed by atoms with Crippen molar-refractivity contribution < 1.29 is 18.7 Å². The summed E-state index contributed by atoms with van der Waals surface area (Å²) in [6.45, 7) is 0. The molecule has 0 bridgehead atoms. The van der Waals surface area contributed by atoms with Gasteiger partial charge in [-0.1, -0.05) is 0 Å². The van der Waals surface area contributed by atoms with Crippen molar-refractivity contribution in [2.75, 3.05) is 7.11 Å². The Balaban J connectivity index is 2.80. The van der Waals surface area contributed by atoms with E-state index in [1.807, 2.05) is 0 Å². The molecule has 1 unspecified atom stereocenters. The molecule has 1 fully saturated rings. The highest BCUT2D eigenvalue weighted by Crippen LogP contribution is 2.30. The number of methoxy groups -OCH3 is 1. The number of hydrogen-bond acceptors (Lipinski definition) is 3. The maximum Gasteiger partial charge on any atom is 0.351 e. The first-order valence-corrected chi connectivity index (χ1v) is 3.42. The van der Waals surface area contributed by atoms with Crippen molar-refractivity contribution in [1.29, 1.82) is 0 Å². The summed E-state index contributed by atoms with van der Waals surface area (Å²) >= 11 is 0. The molecule has 0 aliphatic heterocycles. The predicted molar refractivity (Wildman–Crippen MR) is 34.7 cm³/mol. The van der Waals surface area contributed by atoms with Gasteiger partial charge in [-0.3, -0.25) is 4.79 Å². The quantitative estimate of drug-likeness (QED) is 0.417. The van der Waals surface area contributed by atoms with Crippen molar-refractivity contribution in [3.05, 3.63) is 0 Å². The Labute approximate surface area is 63.5 Å². The average Bonchev–Trinajstić information content (AvgIpc) is 2.32. The number of hydrogen-bond donors (Lipinski definition) is 0. The zero-order valence-electron chi connectivity index (χ0n) is 6.22. The smallest absolute Gasteiger partial charge is 0.351 e. The summed E-state index contributed by atoms with van der Waals surface area (Å²) in [5.74, 6) is -1.70. The summed E-state index contributed by atoms with van der Waals surface area (Å²) in [5.41, 5.74) is -2.34. The van der Waals surface area contributed by atoms with Gasteiger partial charge in [-0.05, 0) is 6.42 Å². The van der Waals surface area contributed by atoms with Crippen LogP contribution >= 0.6 is 0 Å². The fourth-order valence-electron chi connectivity index (χ4n) is 1.21. The molecule has 4 heteroatoms. The SMILES string of the molecule is COC(=O)C1(F)CCCC1=O. The molecule has 1 aliphatic carbocycles. The van der Waals surface area contributed by atoms with E-state index in [0.717, 1.165) is 7.11 Å². The molecule has 1 saturated carbocycles. The number of esters is 1. The highest BCUT2D eigenvalue weighted by atomic mass is 19.1. The molecule has 0 aromatic carbocycles. The third kappa shape index (κ3) is 1.13. The number of carbonyl (C=O) groups is 2. The minimum absolute atomic E-state index is 0.0293. The van der Waals surface area contributed by atoms with Crippen LogP contribution in [0.5, 0.6) is 0 Å². The van der Waals surface area contributed by atoms with E-state index in [2.05, 4.69) is 4.74 Å². The molecular formula is C7H9FO3. The molecular weight excluding hydrogens is 151 g/mol. The van der Waals surface area contributed by atoms with Crippen molar-refractivity contribution in [1.82, 2.24) is 0 Å². The summed E-state index contributed by atoms with van der Waals surface area (Å²) in [4.78, 5) is 21.5. The Bertz CT molecular complexity index is 202. The van der Waals surface area contributed by atoms with Gasteiger partial charge in [-0.15, -0.1) is 0 Å². The third-order valence-electron chi connectivity index (χ3n) is 1.88. The first kappa shape index (κ1) is 8.17. The van der Waals surface area contributed by atoms with Gasteiger partial charge < -0.3 is 4.74 Å². The number of ketones is 1. The molecule has 1 atom stereocenters. The number of Topliss-reactive ketones (excluding diaryl/α,β-unsaturated/α-hetero) is 1. The van der Waals surface area contributed by atoms with Crippen LogP contribution in [0.1, 0.15) is 19.3 Å². The fraction of sp³-hybridized carbons (Fsp3) is 0.714. The monoisotopic (exact) mass is 160 g/mol. The van der Waals surface area contributed by atoms with Crippen LogP contribution < -0.4 is 0 Å². The van der Waals surface area contributed by atoms with Crippen LogP contribution in [0.25, 0.3) is 0 Å². The standard InChI is InChI=1S/C7H9FO3/c1-11-6(10)7(8)4-2-3-5(7)9/h2-4H2,1H3. The Kier molecular flexibility index (Phi) is 1.93. The van der Waals surface area contributed by atoms with Crippen LogP contribution in [0.4, 0.5) is 4.39 Å². The molecule has 0 spiro atoms. The van der Waals surface area contributed by atoms with Crippen molar-refractivity contribution >= 4 is 11.8 Å². The lowest BCUT2D eigenvalue weighted by Crippen LogP contribution is -2.38. The van der Waals surface area contributed by atoms with Crippen LogP contribution in [0, 0.1) is 0 Å². The van der Waals surface area contributed by atoms with Gasteiger partial charge in [0.05, 0.1) is 7.11 Å². The topological polar surface area (TPSA) is 43.4 Å². The van der Waals surface area contributed by atoms with Gasteiger partial charge in [0.1, 0.15) is 0 Å². The minimum Gasteiger partial charge on any atom is -0.466 e. The van der Waals surface area contributed by atoms with Gasteiger partial charge in [0.15, 0.2) is 5.78 Å². The molecule has 3 nitrogen and oxygen atoms in total. The summed E-state index contributed by atoms with van der Waals surface area (Å²) in [6, 6.07) is 0. The van der Waals surface area contributed by atoms with Crippen molar-refractivity contribution in [3.8, 4) is 0 Å². The molecule has 0 N–H and O–H groups in total. The van der Waals surface area contributed by atoms with Crippen molar-refractivity contribution in [2.24, 2.45) is 0 Å². The minimum atomic E-state index is -2.34. The van der Waals surface area contributed by atoms with Crippen molar-refractivity contribution in [2.45, 2.75) is 24.9 Å². The molecule has 0 radical (unpaired) electrons. The highest BCUT2D eigenvalue weighted by Gasteiger charge is 2.50. The van der Waals surface area contributed by atoms with Gasteiger partial charge >= 0.3 is 5.97 Å². The molecule has 1 rings (SSSR count). The largest absolute Gasteiger partial charge is 0.466 e. The van der Waals surface area contributed by atoms with E-state index in [4.69, 9.17) is 0 Å². The van der Waals surface area contributed by atoms with Crippen molar-refractivity contribution in [3.63, 3.8) is 0 Å². The molecule has 0 aromatic heterocycles.